The van der Waals surface area contributed by atoms with Crippen LogP contribution in [0.15, 0.2) is 29.2 Å². The third kappa shape index (κ3) is 3.54. The SMILES string of the molecule is Cc1ccccc1S(=O)(=O)OC[C@@H]1COC(C)(C)O1. The second-order valence-corrected chi connectivity index (χ2v) is 6.54. The van der Waals surface area contributed by atoms with Gasteiger partial charge in [-0.3, -0.25) is 4.18 Å². The van der Waals surface area contributed by atoms with Crippen molar-refractivity contribution in [2.24, 2.45) is 0 Å². The van der Waals surface area contributed by atoms with Gasteiger partial charge in [-0.05, 0) is 32.4 Å². The van der Waals surface area contributed by atoms with Gasteiger partial charge >= 0.3 is 0 Å². The number of rotatable bonds is 4. The van der Waals surface area contributed by atoms with Crippen LogP contribution >= 0.6 is 0 Å². The number of ether oxygens (including phenoxy) is 2. The number of aryl methyl sites for hydroxylation is 1. The van der Waals surface area contributed by atoms with Gasteiger partial charge in [0.25, 0.3) is 10.1 Å². The van der Waals surface area contributed by atoms with E-state index in [9.17, 15) is 8.42 Å². The maximum atomic E-state index is 12.1. The molecule has 0 unspecified atom stereocenters. The van der Waals surface area contributed by atoms with Crippen LogP contribution in [0.25, 0.3) is 0 Å². The van der Waals surface area contributed by atoms with Crippen molar-refractivity contribution in [3.8, 4) is 0 Å². The molecule has 106 valence electrons. The van der Waals surface area contributed by atoms with Crippen LogP contribution in [-0.4, -0.2) is 33.5 Å². The van der Waals surface area contributed by atoms with Gasteiger partial charge in [0.1, 0.15) is 6.10 Å². The first-order valence-electron chi connectivity index (χ1n) is 6.07. The lowest BCUT2D eigenvalue weighted by molar-refractivity contribution is -0.141. The largest absolute Gasteiger partial charge is 0.348 e. The molecule has 1 atom stereocenters. The Morgan fingerprint density at radius 1 is 1.37 bits per heavy atom. The Morgan fingerprint density at radius 3 is 2.63 bits per heavy atom. The zero-order valence-electron chi connectivity index (χ0n) is 11.3. The number of hydrogen-bond acceptors (Lipinski definition) is 5. The maximum absolute atomic E-state index is 12.1. The average Bonchev–Trinajstić information content (AvgIpc) is 2.67. The molecule has 19 heavy (non-hydrogen) atoms. The first kappa shape index (κ1) is 14.5. The van der Waals surface area contributed by atoms with Gasteiger partial charge in [0.15, 0.2) is 5.79 Å². The van der Waals surface area contributed by atoms with Gasteiger partial charge in [0, 0.05) is 0 Å². The molecule has 6 heteroatoms. The Morgan fingerprint density at radius 2 is 2.05 bits per heavy atom. The minimum Gasteiger partial charge on any atom is -0.348 e. The molecule has 5 nitrogen and oxygen atoms in total. The van der Waals surface area contributed by atoms with E-state index in [1.165, 1.54) is 6.07 Å². The van der Waals surface area contributed by atoms with E-state index in [4.69, 9.17) is 13.7 Å². The van der Waals surface area contributed by atoms with Crippen molar-refractivity contribution in [3.05, 3.63) is 29.8 Å². The summed E-state index contributed by atoms with van der Waals surface area (Å²) in [4.78, 5) is 0.188. The molecule has 0 bridgehead atoms. The first-order chi connectivity index (χ1) is 8.80. The minimum absolute atomic E-state index is 0.0416. The van der Waals surface area contributed by atoms with E-state index in [0.29, 0.717) is 12.2 Å². The molecule has 1 saturated heterocycles. The van der Waals surface area contributed by atoms with Crippen molar-refractivity contribution in [2.75, 3.05) is 13.2 Å². The van der Waals surface area contributed by atoms with E-state index in [0.717, 1.165) is 0 Å². The lowest BCUT2D eigenvalue weighted by Gasteiger charge is -2.17. The van der Waals surface area contributed by atoms with Gasteiger partial charge in [-0.1, -0.05) is 18.2 Å². The van der Waals surface area contributed by atoms with E-state index in [1.807, 2.05) is 0 Å². The smallest absolute Gasteiger partial charge is 0.297 e. The standard InChI is InChI=1S/C13H18O5S/c1-10-6-4-5-7-12(10)19(14,15)17-9-11-8-16-13(2,3)18-11/h4-7,11H,8-9H2,1-3H3/t11-/m0/s1. The summed E-state index contributed by atoms with van der Waals surface area (Å²) in [5, 5.41) is 0. The second-order valence-electron chi connectivity index (χ2n) is 4.95. The van der Waals surface area contributed by atoms with Crippen LogP contribution in [0.5, 0.6) is 0 Å². The summed E-state index contributed by atoms with van der Waals surface area (Å²) in [6, 6.07) is 6.71. The summed E-state index contributed by atoms with van der Waals surface area (Å²) < 4.78 is 40.0. The van der Waals surface area contributed by atoms with Crippen LogP contribution in [0.2, 0.25) is 0 Å². The summed E-state index contributed by atoms with van der Waals surface area (Å²) in [7, 11) is -3.75. The summed E-state index contributed by atoms with van der Waals surface area (Å²) in [6.45, 7) is 5.58. The Kier molecular flexibility index (Phi) is 3.96. The molecule has 1 aliphatic rings. The molecule has 0 aliphatic carbocycles. The monoisotopic (exact) mass is 286 g/mol. The molecule has 2 rings (SSSR count). The predicted molar refractivity (Wildman–Crippen MR) is 69.2 cm³/mol. The zero-order chi connectivity index (χ0) is 14.1. The van der Waals surface area contributed by atoms with Gasteiger partial charge < -0.3 is 9.47 Å². The van der Waals surface area contributed by atoms with Crippen molar-refractivity contribution >= 4 is 10.1 Å². The molecule has 0 aromatic heterocycles. The fourth-order valence-corrected chi connectivity index (χ4v) is 3.08. The molecular weight excluding hydrogens is 268 g/mol. The van der Waals surface area contributed by atoms with E-state index >= 15 is 0 Å². The van der Waals surface area contributed by atoms with Crippen molar-refractivity contribution in [1.29, 1.82) is 0 Å². The highest BCUT2D eigenvalue weighted by molar-refractivity contribution is 7.86. The van der Waals surface area contributed by atoms with Gasteiger partial charge in [-0.25, -0.2) is 0 Å². The quantitative estimate of drug-likeness (QED) is 0.790. The van der Waals surface area contributed by atoms with Crippen molar-refractivity contribution < 1.29 is 22.1 Å². The van der Waals surface area contributed by atoms with Crippen molar-refractivity contribution in [1.82, 2.24) is 0 Å². The lowest BCUT2D eigenvalue weighted by Crippen LogP contribution is -2.25. The molecular formula is C13H18O5S. The third-order valence-corrected chi connectivity index (χ3v) is 4.28. The molecule has 1 fully saturated rings. The van der Waals surface area contributed by atoms with Crippen molar-refractivity contribution in [3.63, 3.8) is 0 Å². The first-order valence-corrected chi connectivity index (χ1v) is 7.48. The Bertz CT molecular complexity index is 550. The highest BCUT2D eigenvalue weighted by Gasteiger charge is 2.34. The van der Waals surface area contributed by atoms with E-state index < -0.39 is 15.9 Å². The van der Waals surface area contributed by atoms with E-state index in [1.54, 1.807) is 39.0 Å². The van der Waals surface area contributed by atoms with Gasteiger partial charge in [-0.2, -0.15) is 8.42 Å². The van der Waals surface area contributed by atoms with Crippen LogP contribution < -0.4 is 0 Å². The predicted octanol–water partition coefficient (Wildman–Crippen LogP) is 1.85. The third-order valence-electron chi connectivity index (χ3n) is 2.84. The zero-order valence-corrected chi connectivity index (χ0v) is 12.1. The second kappa shape index (κ2) is 5.20. The molecule has 1 aliphatic heterocycles. The van der Waals surface area contributed by atoms with Crippen LogP contribution in [0.4, 0.5) is 0 Å². The summed E-state index contributed by atoms with van der Waals surface area (Å²) in [6.07, 6.45) is -0.367. The van der Waals surface area contributed by atoms with E-state index in [2.05, 4.69) is 0 Å². The maximum Gasteiger partial charge on any atom is 0.297 e. The van der Waals surface area contributed by atoms with Gasteiger partial charge in [0.05, 0.1) is 18.1 Å². The number of benzene rings is 1. The highest BCUT2D eigenvalue weighted by Crippen LogP contribution is 2.24. The Labute approximate surface area is 113 Å². The minimum atomic E-state index is -3.75. The molecule has 1 aromatic rings. The molecule has 0 spiro atoms. The highest BCUT2D eigenvalue weighted by atomic mass is 32.2. The molecule has 1 heterocycles. The summed E-state index contributed by atoms with van der Waals surface area (Å²) >= 11 is 0. The topological polar surface area (TPSA) is 61.8 Å². The van der Waals surface area contributed by atoms with Crippen molar-refractivity contribution in [2.45, 2.75) is 37.6 Å². The average molecular weight is 286 g/mol. The molecule has 1 aromatic carbocycles. The molecule has 0 radical (unpaired) electrons. The fourth-order valence-electron chi connectivity index (χ4n) is 1.91. The molecule has 0 N–H and O–H groups in total. The Balaban J connectivity index is 2.02. The summed E-state index contributed by atoms with van der Waals surface area (Å²) in [5.41, 5.74) is 0.659. The molecule has 0 amide bonds. The fraction of sp³-hybridized carbons (Fsp3) is 0.538. The summed E-state index contributed by atoms with van der Waals surface area (Å²) in [5.74, 6) is -0.680. The van der Waals surface area contributed by atoms with Gasteiger partial charge in [-0.15, -0.1) is 0 Å². The van der Waals surface area contributed by atoms with Crippen LogP contribution in [-0.2, 0) is 23.8 Å². The van der Waals surface area contributed by atoms with Crippen LogP contribution in [0.3, 0.4) is 0 Å². The van der Waals surface area contributed by atoms with E-state index in [-0.39, 0.29) is 17.6 Å². The number of hydrogen-bond donors (Lipinski definition) is 0. The lowest BCUT2D eigenvalue weighted by atomic mass is 10.2. The normalized spacial score (nSPS) is 22.6. The van der Waals surface area contributed by atoms with Crippen LogP contribution in [0, 0.1) is 6.92 Å². The Hall–Kier alpha value is -0.950. The van der Waals surface area contributed by atoms with Gasteiger partial charge in [0.2, 0.25) is 0 Å². The molecule has 0 saturated carbocycles. The van der Waals surface area contributed by atoms with Crippen LogP contribution in [0.1, 0.15) is 19.4 Å².